The van der Waals surface area contributed by atoms with Gasteiger partial charge in [0.1, 0.15) is 5.54 Å². The molecule has 152 valence electrons. The molecule has 1 aromatic rings. The summed E-state index contributed by atoms with van der Waals surface area (Å²) in [6.07, 6.45) is 5.85. The molecule has 0 aromatic carbocycles. The summed E-state index contributed by atoms with van der Waals surface area (Å²) in [4.78, 5) is 25.5. The molecule has 5 heteroatoms. The van der Waals surface area contributed by atoms with Gasteiger partial charge in [-0.3, -0.25) is 19.7 Å². The number of aliphatic imine (C=N–C) groups is 1. The number of nitrogens with one attached hydrogen (secondary N) is 1. The van der Waals surface area contributed by atoms with Crippen LogP contribution in [0.5, 0.6) is 0 Å². The van der Waals surface area contributed by atoms with E-state index in [1.807, 2.05) is 18.2 Å². The first-order valence-electron chi connectivity index (χ1n) is 10.9. The van der Waals surface area contributed by atoms with E-state index in [0.29, 0.717) is 42.2 Å². The number of nitrogens with zero attached hydrogens (tertiary/aromatic N) is 3. The second kappa shape index (κ2) is 7.58. The first kappa shape index (κ1) is 19.6. The Kier molecular flexibility index (Phi) is 5.30. The van der Waals surface area contributed by atoms with Crippen molar-refractivity contribution in [1.29, 1.82) is 0 Å². The maximum absolute atomic E-state index is 13.5. The Bertz CT molecular complexity index is 731. The summed E-state index contributed by atoms with van der Waals surface area (Å²) in [5, 5.41) is 3.18. The van der Waals surface area contributed by atoms with Crippen LogP contribution >= 0.6 is 0 Å². The van der Waals surface area contributed by atoms with Crippen LogP contribution in [0.3, 0.4) is 0 Å². The number of carbonyl (C=O) groups is 1. The normalized spacial score (nSPS) is 33.8. The third-order valence-electron chi connectivity index (χ3n) is 6.78. The summed E-state index contributed by atoms with van der Waals surface area (Å²) in [6, 6.07) is 6.28. The number of hydrogen-bond acceptors (Lipinski definition) is 4. The van der Waals surface area contributed by atoms with E-state index in [0.717, 1.165) is 31.6 Å². The zero-order chi connectivity index (χ0) is 19.9. The highest BCUT2D eigenvalue weighted by Gasteiger charge is 2.63. The molecule has 1 N–H and O–H groups in total. The highest BCUT2D eigenvalue weighted by Crippen LogP contribution is 2.54. The fraction of sp³-hybridized carbons (Fsp3) is 0.696. The van der Waals surface area contributed by atoms with Gasteiger partial charge in [0.25, 0.3) is 0 Å². The number of aromatic nitrogens is 1. The van der Waals surface area contributed by atoms with Crippen molar-refractivity contribution in [3.8, 4) is 0 Å². The molecule has 0 spiro atoms. The third-order valence-corrected chi connectivity index (χ3v) is 6.78. The predicted octanol–water partition coefficient (Wildman–Crippen LogP) is 3.16. The molecule has 5 atom stereocenters. The van der Waals surface area contributed by atoms with Crippen LogP contribution in [0.25, 0.3) is 0 Å². The maximum Gasteiger partial charge on any atom is 0.248 e. The predicted molar refractivity (Wildman–Crippen MR) is 112 cm³/mol. The molecular weight excluding hydrogens is 348 g/mol. The zero-order valence-corrected chi connectivity index (χ0v) is 17.6. The van der Waals surface area contributed by atoms with Gasteiger partial charge < -0.3 is 5.32 Å². The van der Waals surface area contributed by atoms with Crippen molar-refractivity contribution in [3.63, 3.8) is 0 Å². The lowest BCUT2D eigenvalue weighted by molar-refractivity contribution is -0.132. The van der Waals surface area contributed by atoms with E-state index in [-0.39, 0.29) is 5.91 Å². The average molecular weight is 383 g/mol. The van der Waals surface area contributed by atoms with Crippen molar-refractivity contribution in [2.75, 3.05) is 13.1 Å². The van der Waals surface area contributed by atoms with Crippen LogP contribution in [0.4, 0.5) is 0 Å². The highest BCUT2D eigenvalue weighted by molar-refractivity contribution is 5.91. The lowest BCUT2D eigenvalue weighted by Crippen LogP contribution is -2.63. The molecule has 5 nitrogen and oxygen atoms in total. The van der Waals surface area contributed by atoms with Gasteiger partial charge in [-0.25, -0.2) is 0 Å². The van der Waals surface area contributed by atoms with Crippen LogP contribution in [0, 0.1) is 29.6 Å². The minimum atomic E-state index is -0.602. The van der Waals surface area contributed by atoms with Crippen LogP contribution in [-0.4, -0.2) is 46.7 Å². The van der Waals surface area contributed by atoms with Gasteiger partial charge in [-0.2, -0.15) is 0 Å². The van der Waals surface area contributed by atoms with Gasteiger partial charge in [0.15, 0.2) is 0 Å². The number of carbonyl (C=O) groups excluding carboxylic acids is 1. The van der Waals surface area contributed by atoms with Gasteiger partial charge in [0, 0.05) is 43.4 Å². The monoisotopic (exact) mass is 382 g/mol. The van der Waals surface area contributed by atoms with E-state index in [4.69, 9.17) is 4.99 Å². The van der Waals surface area contributed by atoms with Gasteiger partial charge in [-0.15, -0.1) is 0 Å². The molecule has 0 radical (unpaired) electrons. The molecule has 3 aliphatic heterocycles. The fourth-order valence-corrected chi connectivity index (χ4v) is 5.86. The van der Waals surface area contributed by atoms with E-state index in [2.05, 4.69) is 49.1 Å². The lowest BCUT2D eigenvalue weighted by Gasteiger charge is -2.51. The van der Waals surface area contributed by atoms with Crippen molar-refractivity contribution in [2.24, 2.45) is 34.6 Å². The largest absolute Gasteiger partial charge is 0.348 e. The standard InChI is InChI=1S/C23H34N4O/c1-15(2)9-20-21-19-12-26-23(20,10-17(19)14-27(21)13-16(3)4)22(28)25-11-18-7-5-6-8-24-18/h5-8,12,15-17,19-21H,9-11,13-14H2,1-4H3,(H,25,28)/t17-,19-,20-,21+,23+/m1/s1. The Morgan fingerprint density at radius 1 is 1.29 bits per heavy atom. The zero-order valence-electron chi connectivity index (χ0n) is 17.6. The molecule has 1 saturated carbocycles. The summed E-state index contributed by atoms with van der Waals surface area (Å²) >= 11 is 0. The molecule has 5 rings (SSSR count). The highest BCUT2D eigenvalue weighted by atomic mass is 16.2. The van der Waals surface area contributed by atoms with E-state index in [9.17, 15) is 4.79 Å². The van der Waals surface area contributed by atoms with E-state index < -0.39 is 5.54 Å². The van der Waals surface area contributed by atoms with E-state index in [1.54, 1.807) is 6.20 Å². The van der Waals surface area contributed by atoms with Crippen LogP contribution in [0.2, 0.25) is 0 Å². The first-order chi connectivity index (χ1) is 13.4. The Hall–Kier alpha value is -1.75. The summed E-state index contributed by atoms with van der Waals surface area (Å²) in [5.41, 5.74) is 0.292. The smallest absolute Gasteiger partial charge is 0.248 e. The van der Waals surface area contributed by atoms with Crippen LogP contribution in [0.1, 0.15) is 46.2 Å². The molecule has 1 saturated heterocycles. The van der Waals surface area contributed by atoms with E-state index in [1.165, 1.54) is 0 Å². The molecule has 4 heterocycles. The molecule has 1 aromatic heterocycles. The Labute approximate surface area is 169 Å². The Balaban J connectivity index is 1.60. The fourth-order valence-electron chi connectivity index (χ4n) is 5.86. The second-order valence-electron chi connectivity index (χ2n) is 9.82. The summed E-state index contributed by atoms with van der Waals surface area (Å²) in [6.45, 7) is 11.8. The van der Waals surface area contributed by atoms with Gasteiger partial charge in [-0.1, -0.05) is 33.8 Å². The van der Waals surface area contributed by atoms with Gasteiger partial charge in [-0.05, 0) is 42.7 Å². The topological polar surface area (TPSA) is 57.6 Å². The van der Waals surface area contributed by atoms with Crippen molar-refractivity contribution in [1.82, 2.24) is 15.2 Å². The SMILES string of the molecule is CC(C)C[C@@H]1[C@@H]2[C@@H]3C=N[C@@]1(C(=O)NCc1ccccn1)C[C@@H]3CN2CC(C)C. The molecule has 1 aliphatic carbocycles. The number of amides is 1. The Morgan fingerprint density at radius 3 is 2.79 bits per heavy atom. The van der Waals surface area contributed by atoms with Gasteiger partial charge in [0.05, 0.1) is 12.2 Å². The molecule has 4 aliphatic rings. The molecule has 28 heavy (non-hydrogen) atoms. The quantitative estimate of drug-likeness (QED) is 0.788. The molecular formula is C23H34N4O. The number of likely N-dealkylation sites (tertiary alicyclic amines) is 1. The molecule has 0 unspecified atom stereocenters. The number of pyridine rings is 1. The maximum atomic E-state index is 13.5. The second-order valence-corrected chi connectivity index (χ2v) is 9.82. The van der Waals surface area contributed by atoms with Crippen molar-refractivity contribution < 1.29 is 4.79 Å². The van der Waals surface area contributed by atoms with Crippen molar-refractivity contribution in [3.05, 3.63) is 30.1 Å². The first-order valence-corrected chi connectivity index (χ1v) is 10.9. The summed E-state index contributed by atoms with van der Waals surface area (Å²) < 4.78 is 0. The Morgan fingerprint density at radius 2 is 2.11 bits per heavy atom. The van der Waals surface area contributed by atoms with Crippen LogP contribution in [0.15, 0.2) is 29.4 Å². The van der Waals surface area contributed by atoms with Gasteiger partial charge in [0.2, 0.25) is 5.91 Å². The summed E-state index contributed by atoms with van der Waals surface area (Å²) in [7, 11) is 0. The minimum absolute atomic E-state index is 0.0969. The number of hydrogen-bond donors (Lipinski definition) is 1. The molecule has 4 bridgehead atoms. The van der Waals surface area contributed by atoms with Crippen molar-refractivity contribution >= 4 is 12.1 Å². The summed E-state index contributed by atoms with van der Waals surface area (Å²) in [5.74, 6) is 2.67. The van der Waals surface area contributed by atoms with Crippen molar-refractivity contribution in [2.45, 2.75) is 58.7 Å². The number of rotatable bonds is 7. The minimum Gasteiger partial charge on any atom is -0.348 e. The van der Waals surface area contributed by atoms with Gasteiger partial charge >= 0.3 is 0 Å². The molecule has 1 amide bonds. The van der Waals surface area contributed by atoms with E-state index >= 15 is 0 Å². The third kappa shape index (κ3) is 3.38. The molecule has 2 fully saturated rings. The average Bonchev–Trinajstić information content (AvgIpc) is 2.95. The van der Waals surface area contributed by atoms with Crippen LogP contribution < -0.4 is 5.32 Å². The lowest BCUT2D eigenvalue weighted by atomic mass is 9.59. The van der Waals surface area contributed by atoms with Crippen LogP contribution in [-0.2, 0) is 11.3 Å².